The van der Waals surface area contributed by atoms with Gasteiger partial charge in [-0.05, 0) is 48.4 Å². The highest BCUT2D eigenvalue weighted by molar-refractivity contribution is 6.31. The number of hydrazone groups is 1. The lowest BCUT2D eigenvalue weighted by Crippen LogP contribution is -2.36. The molecule has 2 heterocycles. The van der Waals surface area contributed by atoms with E-state index in [1.165, 1.54) is 0 Å². The molecule has 0 fully saturated rings. The van der Waals surface area contributed by atoms with Crippen LogP contribution in [0.25, 0.3) is 22.0 Å². The second-order valence-corrected chi connectivity index (χ2v) is 11.1. The predicted molar refractivity (Wildman–Crippen MR) is 149 cm³/mol. The van der Waals surface area contributed by atoms with Gasteiger partial charge >= 0.3 is 0 Å². The van der Waals surface area contributed by atoms with Gasteiger partial charge in [-0.2, -0.15) is 5.10 Å². The van der Waals surface area contributed by atoms with Crippen LogP contribution < -0.4 is 0 Å². The van der Waals surface area contributed by atoms with Crippen molar-refractivity contribution >= 4 is 45.7 Å². The van der Waals surface area contributed by atoms with Crippen molar-refractivity contribution in [1.82, 2.24) is 9.99 Å². The Balaban J connectivity index is 1.73. The van der Waals surface area contributed by atoms with E-state index in [-0.39, 0.29) is 11.9 Å². The number of carbonyl (C=O) groups is 1. The Bertz CT molecular complexity index is 1490. The molecule has 1 atom stereocenters. The van der Waals surface area contributed by atoms with Crippen molar-refractivity contribution in [1.29, 1.82) is 0 Å². The molecule has 0 radical (unpaired) electrons. The van der Waals surface area contributed by atoms with Gasteiger partial charge in [-0.1, -0.05) is 86.4 Å². The van der Waals surface area contributed by atoms with E-state index >= 15 is 0 Å². The quantitative estimate of drug-likeness (QED) is 0.275. The number of pyridine rings is 1. The van der Waals surface area contributed by atoms with E-state index < -0.39 is 5.41 Å². The van der Waals surface area contributed by atoms with Gasteiger partial charge in [0.15, 0.2) is 0 Å². The standard InChI is InChI=1S/C30H27Cl2N3O/c1-18-27(28(20-11-15-22(32)16-12-20)23-7-5-6-8-24(23)33-18)25-17-26(19-9-13-21(31)14-10-19)35(34-25)29(36)30(2,3)4/h5-16,26H,17H2,1-4H3/t26-/m0/s1. The lowest BCUT2D eigenvalue weighted by Gasteiger charge is -2.28. The number of amides is 1. The van der Waals surface area contributed by atoms with Crippen molar-refractivity contribution in [2.24, 2.45) is 10.5 Å². The number of rotatable bonds is 3. The summed E-state index contributed by atoms with van der Waals surface area (Å²) >= 11 is 12.4. The molecule has 4 aromatic rings. The molecular formula is C30H27Cl2N3O. The molecule has 1 aromatic heterocycles. The van der Waals surface area contributed by atoms with E-state index in [2.05, 4.69) is 6.07 Å². The summed E-state index contributed by atoms with van der Waals surface area (Å²) in [4.78, 5) is 18.5. The number of benzene rings is 3. The Kier molecular flexibility index (Phi) is 6.36. The Morgan fingerprint density at radius 2 is 1.50 bits per heavy atom. The summed E-state index contributed by atoms with van der Waals surface area (Å²) in [7, 11) is 0. The Morgan fingerprint density at radius 3 is 2.14 bits per heavy atom. The number of hydrogen-bond acceptors (Lipinski definition) is 3. The number of nitrogens with zero attached hydrogens (tertiary/aromatic N) is 3. The first-order chi connectivity index (χ1) is 17.1. The lowest BCUT2D eigenvalue weighted by molar-refractivity contribution is -0.141. The molecular weight excluding hydrogens is 489 g/mol. The van der Waals surface area contributed by atoms with Gasteiger partial charge in [-0.25, -0.2) is 5.01 Å². The maximum Gasteiger partial charge on any atom is 0.248 e. The molecule has 1 aliphatic rings. The van der Waals surface area contributed by atoms with Crippen molar-refractivity contribution < 1.29 is 4.79 Å². The van der Waals surface area contributed by atoms with Crippen LogP contribution in [0.1, 0.15) is 50.1 Å². The zero-order valence-corrected chi connectivity index (χ0v) is 22.2. The molecule has 0 N–H and O–H groups in total. The summed E-state index contributed by atoms with van der Waals surface area (Å²) < 4.78 is 0. The van der Waals surface area contributed by atoms with Crippen LogP contribution in [-0.4, -0.2) is 21.6 Å². The van der Waals surface area contributed by atoms with Crippen LogP contribution in [0, 0.1) is 12.3 Å². The maximum atomic E-state index is 13.5. The van der Waals surface area contributed by atoms with E-state index in [0.717, 1.165) is 44.6 Å². The highest BCUT2D eigenvalue weighted by Gasteiger charge is 2.39. The van der Waals surface area contributed by atoms with Crippen molar-refractivity contribution in [3.8, 4) is 11.1 Å². The van der Waals surface area contributed by atoms with Crippen LogP contribution in [0.2, 0.25) is 10.0 Å². The van der Waals surface area contributed by atoms with Gasteiger partial charge in [0, 0.05) is 44.1 Å². The molecule has 1 amide bonds. The molecule has 4 nitrogen and oxygen atoms in total. The number of hydrogen-bond donors (Lipinski definition) is 0. The Labute approximate surface area is 221 Å². The molecule has 36 heavy (non-hydrogen) atoms. The monoisotopic (exact) mass is 515 g/mol. The Morgan fingerprint density at radius 1 is 0.889 bits per heavy atom. The molecule has 0 spiro atoms. The third-order valence-corrected chi connectivity index (χ3v) is 7.01. The van der Waals surface area contributed by atoms with Gasteiger partial charge in [0.05, 0.1) is 17.3 Å². The molecule has 182 valence electrons. The minimum absolute atomic E-state index is 0.0307. The minimum atomic E-state index is -0.584. The fourth-order valence-electron chi connectivity index (χ4n) is 4.74. The topological polar surface area (TPSA) is 45.6 Å². The first-order valence-electron chi connectivity index (χ1n) is 12.0. The van der Waals surface area contributed by atoms with Crippen LogP contribution in [0.3, 0.4) is 0 Å². The van der Waals surface area contributed by atoms with Gasteiger partial charge in [0.2, 0.25) is 5.91 Å². The third-order valence-electron chi connectivity index (χ3n) is 6.51. The number of para-hydroxylation sites is 1. The fourth-order valence-corrected chi connectivity index (χ4v) is 4.99. The maximum absolute atomic E-state index is 13.5. The Hall–Kier alpha value is -3.21. The van der Waals surface area contributed by atoms with Gasteiger partial charge < -0.3 is 0 Å². The zero-order chi connectivity index (χ0) is 25.6. The molecule has 6 heteroatoms. The average Bonchev–Trinajstić information content (AvgIpc) is 3.28. The summed E-state index contributed by atoms with van der Waals surface area (Å²) in [6.45, 7) is 7.77. The first-order valence-corrected chi connectivity index (χ1v) is 12.7. The van der Waals surface area contributed by atoms with Crippen molar-refractivity contribution in [3.63, 3.8) is 0 Å². The molecule has 3 aromatic carbocycles. The molecule has 1 aliphatic heterocycles. The van der Waals surface area contributed by atoms with Crippen LogP contribution in [-0.2, 0) is 4.79 Å². The van der Waals surface area contributed by atoms with E-state index in [4.69, 9.17) is 33.3 Å². The van der Waals surface area contributed by atoms with E-state index in [0.29, 0.717) is 16.5 Å². The molecule has 0 saturated heterocycles. The SMILES string of the molecule is Cc1nc2ccccc2c(-c2ccc(Cl)cc2)c1C1=NN(C(=O)C(C)(C)C)[C@H](c2ccc(Cl)cc2)C1. The number of carbonyl (C=O) groups excluding carboxylic acids is 1. The second-order valence-electron chi connectivity index (χ2n) is 10.2. The molecule has 0 aliphatic carbocycles. The first kappa shape index (κ1) is 24.5. The van der Waals surface area contributed by atoms with Crippen molar-refractivity contribution in [2.45, 2.75) is 40.2 Å². The largest absolute Gasteiger partial charge is 0.272 e. The van der Waals surface area contributed by atoms with Crippen molar-refractivity contribution in [2.75, 3.05) is 0 Å². The summed E-state index contributed by atoms with van der Waals surface area (Å²) in [5.74, 6) is -0.0307. The lowest BCUT2D eigenvalue weighted by atomic mass is 9.89. The highest BCUT2D eigenvalue weighted by Crippen LogP contribution is 2.41. The number of aryl methyl sites for hydroxylation is 1. The molecule has 5 rings (SSSR count). The predicted octanol–water partition coefficient (Wildman–Crippen LogP) is 8.24. The fraction of sp³-hybridized carbons (Fsp3) is 0.233. The summed E-state index contributed by atoms with van der Waals surface area (Å²) in [6, 6.07) is 23.4. The summed E-state index contributed by atoms with van der Waals surface area (Å²) in [5, 5.41) is 9.00. The van der Waals surface area contributed by atoms with E-state index in [9.17, 15) is 4.79 Å². The third kappa shape index (κ3) is 4.52. The minimum Gasteiger partial charge on any atom is -0.272 e. The normalized spacial score (nSPS) is 15.9. The number of halogens is 2. The molecule has 0 bridgehead atoms. The van der Waals surface area contributed by atoms with Crippen LogP contribution in [0.15, 0.2) is 77.9 Å². The zero-order valence-electron chi connectivity index (χ0n) is 20.7. The highest BCUT2D eigenvalue weighted by atomic mass is 35.5. The molecule has 0 saturated carbocycles. The molecule has 0 unspecified atom stereocenters. The van der Waals surface area contributed by atoms with Crippen LogP contribution >= 0.6 is 23.2 Å². The van der Waals surface area contributed by atoms with Gasteiger partial charge in [-0.3, -0.25) is 9.78 Å². The van der Waals surface area contributed by atoms with Gasteiger partial charge in [0.1, 0.15) is 0 Å². The van der Waals surface area contributed by atoms with E-state index in [1.54, 1.807) is 5.01 Å². The summed E-state index contributed by atoms with van der Waals surface area (Å²) in [6.07, 6.45) is 0.574. The smallest absolute Gasteiger partial charge is 0.248 e. The van der Waals surface area contributed by atoms with Crippen LogP contribution in [0.4, 0.5) is 0 Å². The van der Waals surface area contributed by atoms with E-state index in [1.807, 2.05) is 94.4 Å². The number of fused-ring (bicyclic) bond motifs is 1. The van der Waals surface area contributed by atoms with Gasteiger partial charge in [-0.15, -0.1) is 0 Å². The van der Waals surface area contributed by atoms with Gasteiger partial charge in [0.25, 0.3) is 0 Å². The average molecular weight is 516 g/mol. The number of aromatic nitrogens is 1. The second kappa shape index (κ2) is 9.34. The van der Waals surface area contributed by atoms with Crippen molar-refractivity contribution in [3.05, 3.63) is 99.7 Å². The summed E-state index contributed by atoms with van der Waals surface area (Å²) in [5.41, 5.74) is 6.08. The van der Waals surface area contributed by atoms with Crippen LogP contribution in [0.5, 0.6) is 0 Å².